The number of halogens is 1. The maximum absolute atomic E-state index is 11.7. The summed E-state index contributed by atoms with van der Waals surface area (Å²) in [5.41, 5.74) is 7.06. The molecule has 3 N–H and O–H groups in total. The van der Waals surface area contributed by atoms with Crippen LogP contribution in [0.25, 0.3) is 0 Å². The molecule has 6 heteroatoms. The van der Waals surface area contributed by atoms with E-state index in [1.807, 2.05) is 0 Å². The first-order valence-corrected chi connectivity index (χ1v) is 6.39. The first kappa shape index (κ1) is 14.0. The third-order valence-corrected chi connectivity index (χ3v) is 3.59. The van der Waals surface area contributed by atoms with E-state index in [-0.39, 0.29) is 12.1 Å². The van der Waals surface area contributed by atoms with Gasteiger partial charge in [-0.2, -0.15) is 0 Å². The molecule has 0 amide bonds. The number of nitrogens with two attached hydrogens (primary N) is 1. The van der Waals surface area contributed by atoms with E-state index in [0.717, 1.165) is 12.8 Å². The number of rotatable bonds is 4. The molecule has 104 valence electrons. The molecule has 5 nitrogen and oxygen atoms in total. The van der Waals surface area contributed by atoms with E-state index >= 15 is 0 Å². The maximum Gasteiger partial charge on any atom is 0.340 e. The maximum atomic E-state index is 11.7. The van der Waals surface area contributed by atoms with Crippen molar-refractivity contribution < 1.29 is 14.3 Å². The molecule has 1 aliphatic carbocycles. The number of nitrogens with one attached hydrogen (secondary N) is 1. The highest BCUT2D eigenvalue weighted by molar-refractivity contribution is 6.34. The van der Waals surface area contributed by atoms with Gasteiger partial charge in [-0.15, -0.1) is 0 Å². The molecule has 19 heavy (non-hydrogen) atoms. The fourth-order valence-corrected chi connectivity index (χ4v) is 2.41. The Morgan fingerprint density at radius 1 is 1.42 bits per heavy atom. The highest BCUT2D eigenvalue weighted by atomic mass is 35.5. The minimum Gasteiger partial charge on any atom is -0.465 e. The summed E-state index contributed by atoms with van der Waals surface area (Å²) in [6.07, 6.45) is 2.04. The second-order valence-electron chi connectivity index (χ2n) is 4.59. The molecular formula is C13H17ClN2O3. The van der Waals surface area contributed by atoms with Gasteiger partial charge in [-0.05, 0) is 25.0 Å². The van der Waals surface area contributed by atoms with Crippen LogP contribution in [0.4, 0.5) is 11.4 Å². The van der Waals surface area contributed by atoms with Crippen molar-refractivity contribution in [3.63, 3.8) is 0 Å². The lowest BCUT2D eigenvalue weighted by Crippen LogP contribution is -2.40. The van der Waals surface area contributed by atoms with Crippen LogP contribution in [0.2, 0.25) is 5.02 Å². The van der Waals surface area contributed by atoms with E-state index in [1.54, 1.807) is 19.2 Å². The van der Waals surface area contributed by atoms with E-state index in [0.29, 0.717) is 22.0 Å². The second-order valence-corrected chi connectivity index (χ2v) is 4.99. The number of anilines is 2. The van der Waals surface area contributed by atoms with Gasteiger partial charge in [-0.25, -0.2) is 4.79 Å². The Balaban J connectivity index is 2.21. The van der Waals surface area contributed by atoms with Gasteiger partial charge in [0.1, 0.15) is 0 Å². The number of esters is 1. The Labute approximate surface area is 117 Å². The van der Waals surface area contributed by atoms with Crippen LogP contribution in [-0.4, -0.2) is 32.3 Å². The SMILES string of the molecule is COC(=O)c1cc(N)cc(Cl)c1NC1CC(OC)C1. The third-order valence-electron chi connectivity index (χ3n) is 3.29. The van der Waals surface area contributed by atoms with Crippen LogP contribution in [0.15, 0.2) is 12.1 Å². The molecule has 0 aliphatic heterocycles. The van der Waals surface area contributed by atoms with Gasteiger partial charge in [0, 0.05) is 18.8 Å². The molecule has 1 aliphatic rings. The molecule has 2 rings (SSSR count). The van der Waals surface area contributed by atoms with Crippen molar-refractivity contribution in [2.45, 2.75) is 25.0 Å². The predicted molar refractivity (Wildman–Crippen MR) is 74.6 cm³/mol. The summed E-state index contributed by atoms with van der Waals surface area (Å²) >= 11 is 6.15. The Morgan fingerprint density at radius 3 is 2.68 bits per heavy atom. The van der Waals surface area contributed by atoms with Crippen molar-refractivity contribution in [3.05, 3.63) is 22.7 Å². The van der Waals surface area contributed by atoms with Crippen LogP contribution >= 0.6 is 11.6 Å². The fourth-order valence-electron chi connectivity index (χ4n) is 2.13. The van der Waals surface area contributed by atoms with E-state index in [2.05, 4.69) is 5.32 Å². The Hall–Kier alpha value is -1.46. The van der Waals surface area contributed by atoms with Crippen LogP contribution in [0.3, 0.4) is 0 Å². The molecule has 0 heterocycles. The monoisotopic (exact) mass is 284 g/mol. The quantitative estimate of drug-likeness (QED) is 0.655. The number of nitrogen functional groups attached to an aromatic ring is 1. The molecule has 0 spiro atoms. The van der Waals surface area contributed by atoms with Crippen molar-refractivity contribution >= 4 is 28.9 Å². The second kappa shape index (κ2) is 5.67. The lowest BCUT2D eigenvalue weighted by Gasteiger charge is -2.35. The van der Waals surface area contributed by atoms with Crippen LogP contribution in [0, 0.1) is 0 Å². The highest BCUT2D eigenvalue weighted by Gasteiger charge is 2.30. The first-order chi connectivity index (χ1) is 9.05. The van der Waals surface area contributed by atoms with Gasteiger partial charge in [0.25, 0.3) is 0 Å². The van der Waals surface area contributed by atoms with Crippen LogP contribution in [-0.2, 0) is 9.47 Å². The lowest BCUT2D eigenvalue weighted by atomic mass is 9.89. The number of methoxy groups -OCH3 is 2. The molecule has 0 saturated heterocycles. The lowest BCUT2D eigenvalue weighted by molar-refractivity contribution is 0.0328. The average Bonchev–Trinajstić information content (AvgIpc) is 2.33. The smallest absolute Gasteiger partial charge is 0.340 e. The summed E-state index contributed by atoms with van der Waals surface area (Å²) < 4.78 is 9.96. The zero-order valence-electron chi connectivity index (χ0n) is 10.9. The van der Waals surface area contributed by atoms with E-state index in [9.17, 15) is 4.79 Å². The van der Waals surface area contributed by atoms with E-state index in [1.165, 1.54) is 7.11 Å². The summed E-state index contributed by atoms with van der Waals surface area (Å²) in [6, 6.07) is 3.42. The Bertz CT molecular complexity index is 487. The molecule has 1 aromatic carbocycles. The number of carbonyl (C=O) groups is 1. The van der Waals surface area contributed by atoms with Gasteiger partial charge in [-0.1, -0.05) is 11.6 Å². The van der Waals surface area contributed by atoms with Gasteiger partial charge in [-0.3, -0.25) is 0 Å². The van der Waals surface area contributed by atoms with Crippen molar-refractivity contribution in [2.75, 3.05) is 25.3 Å². The van der Waals surface area contributed by atoms with Crippen LogP contribution < -0.4 is 11.1 Å². The van der Waals surface area contributed by atoms with Gasteiger partial charge in [0.15, 0.2) is 0 Å². The standard InChI is InChI=1S/C13H17ClN2O3/c1-18-9-5-8(6-9)16-12-10(13(17)19-2)3-7(15)4-11(12)14/h3-4,8-9,16H,5-6,15H2,1-2H3. The van der Waals surface area contributed by atoms with E-state index < -0.39 is 5.97 Å². The van der Waals surface area contributed by atoms with Crippen molar-refractivity contribution in [2.24, 2.45) is 0 Å². The zero-order chi connectivity index (χ0) is 14.0. The summed E-state index contributed by atoms with van der Waals surface area (Å²) in [4.78, 5) is 11.7. The Kier molecular flexibility index (Phi) is 4.17. The number of hydrogen-bond acceptors (Lipinski definition) is 5. The zero-order valence-corrected chi connectivity index (χ0v) is 11.7. The molecule has 0 atom stereocenters. The van der Waals surface area contributed by atoms with Crippen LogP contribution in [0.5, 0.6) is 0 Å². The summed E-state index contributed by atoms with van der Waals surface area (Å²) in [5, 5.41) is 3.67. The highest BCUT2D eigenvalue weighted by Crippen LogP contribution is 2.34. The topological polar surface area (TPSA) is 73.6 Å². The number of benzene rings is 1. The average molecular weight is 285 g/mol. The molecule has 0 unspecified atom stereocenters. The van der Waals surface area contributed by atoms with Gasteiger partial charge in [0.05, 0.1) is 29.5 Å². The van der Waals surface area contributed by atoms with Crippen molar-refractivity contribution in [3.8, 4) is 0 Å². The third kappa shape index (κ3) is 2.93. The van der Waals surface area contributed by atoms with Gasteiger partial charge >= 0.3 is 5.97 Å². The van der Waals surface area contributed by atoms with E-state index in [4.69, 9.17) is 26.8 Å². The molecule has 0 radical (unpaired) electrons. The number of hydrogen-bond donors (Lipinski definition) is 2. The van der Waals surface area contributed by atoms with Crippen molar-refractivity contribution in [1.29, 1.82) is 0 Å². The predicted octanol–water partition coefficient (Wildman–Crippen LogP) is 2.30. The fraction of sp³-hybridized carbons (Fsp3) is 0.462. The summed E-state index contributed by atoms with van der Waals surface area (Å²) in [7, 11) is 3.02. The summed E-state index contributed by atoms with van der Waals surface area (Å²) in [6.45, 7) is 0. The minimum atomic E-state index is -0.459. The molecule has 1 saturated carbocycles. The number of ether oxygens (including phenoxy) is 2. The molecule has 1 fully saturated rings. The minimum absolute atomic E-state index is 0.245. The Morgan fingerprint density at radius 2 is 2.11 bits per heavy atom. The van der Waals surface area contributed by atoms with Crippen molar-refractivity contribution in [1.82, 2.24) is 0 Å². The first-order valence-electron chi connectivity index (χ1n) is 6.01. The number of carbonyl (C=O) groups excluding carboxylic acids is 1. The van der Waals surface area contributed by atoms with Gasteiger partial charge < -0.3 is 20.5 Å². The summed E-state index contributed by atoms with van der Waals surface area (Å²) in [5.74, 6) is -0.459. The van der Waals surface area contributed by atoms with Gasteiger partial charge in [0.2, 0.25) is 0 Å². The largest absolute Gasteiger partial charge is 0.465 e. The normalized spacial score (nSPS) is 21.6. The molecule has 1 aromatic rings. The van der Waals surface area contributed by atoms with Crippen LogP contribution in [0.1, 0.15) is 23.2 Å². The molecule has 0 aromatic heterocycles. The molecular weight excluding hydrogens is 268 g/mol. The molecule has 0 bridgehead atoms.